The quantitative estimate of drug-likeness (QED) is 0.126. The van der Waals surface area contributed by atoms with Crippen molar-refractivity contribution < 1.29 is 29.0 Å². The van der Waals surface area contributed by atoms with Crippen molar-refractivity contribution in [2.75, 3.05) is 0 Å². The average molecular weight is 536 g/mol. The molecule has 1 aliphatic heterocycles. The minimum absolute atomic E-state index is 0.0760. The Hall–Kier alpha value is -2.97. The summed E-state index contributed by atoms with van der Waals surface area (Å²) in [5.74, 6) is 2.90. The second kappa shape index (κ2) is 10.5. The number of hydrogen-bond acceptors (Lipinski definition) is 7. The van der Waals surface area contributed by atoms with Crippen molar-refractivity contribution in [1.82, 2.24) is 0 Å². The second-order valence-corrected chi connectivity index (χ2v) is 12.1. The van der Waals surface area contributed by atoms with E-state index in [1.54, 1.807) is 6.07 Å². The van der Waals surface area contributed by atoms with Gasteiger partial charge in [0.05, 0.1) is 4.92 Å². The van der Waals surface area contributed by atoms with Gasteiger partial charge in [0, 0.05) is 18.6 Å². The van der Waals surface area contributed by atoms with Gasteiger partial charge in [-0.05, 0) is 98.4 Å². The maximum atomic E-state index is 12.4. The summed E-state index contributed by atoms with van der Waals surface area (Å²) >= 11 is 0. The van der Waals surface area contributed by atoms with Crippen molar-refractivity contribution in [3.8, 4) is 11.5 Å². The summed E-state index contributed by atoms with van der Waals surface area (Å²) in [5, 5.41) is 10.8. The van der Waals surface area contributed by atoms with Crippen LogP contribution in [-0.2, 0) is 9.78 Å². The molecule has 8 nitrogen and oxygen atoms in total. The van der Waals surface area contributed by atoms with Gasteiger partial charge in [-0.3, -0.25) is 10.1 Å². The van der Waals surface area contributed by atoms with E-state index in [-0.39, 0.29) is 28.6 Å². The molecule has 2 aromatic carbocycles. The van der Waals surface area contributed by atoms with Crippen LogP contribution < -0.4 is 9.47 Å². The summed E-state index contributed by atoms with van der Waals surface area (Å²) in [6.07, 6.45) is 11.8. The van der Waals surface area contributed by atoms with Crippen molar-refractivity contribution in [3.05, 3.63) is 64.2 Å². The van der Waals surface area contributed by atoms with Crippen LogP contribution in [0.3, 0.4) is 0 Å². The van der Waals surface area contributed by atoms with E-state index in [1.165, 1.54) is 56.4 Å². The normalized spacial score (nSPS) is 33.7. The molecular formula is C31H37NO7. The lowest BCUT2D eigenvalue weighted by Crippen LogP contribution is -2.52. The molecule has 2 aromatic rings. The first-order chi connectivity index (χ1) is 18.9. The lowest BCUT2D eigenvalue weighted by molar-refractivity contribution is -0.384. The van der Waals surface area contributed by atoms with Crippen LogP contribution in [0.15, 0.2) is 48.5 Å². The Morgan fingerprint density at radius 2 is 1.85 bits per heavy atom. The summed E-state index contributed by atoms with van der Waals surface area (Å²) in [5.41, 5.74) is 0.646. The largest absolute Gasteiger partial charge is 0.519 e. The van der Waals surface area contributed by atoms with Crippen LogP contribution in [0.5, 0.6) is 11.5 Å². The van der Waals surface area contributed by atoms with Crippen molar-refractivity contribution in [3.63, 3.8) is 0 Å². The molecule has 208 valence electrons. The zero-order valence-corrected chi connectivity index (χ0v) is 22.5. The third-order valence-corrected chi connectivity index (χ3v) is 9.83. The highest BCUT2D eigenvalue weighted by Crippen LogP contribution is 2.60. The smallest absolute Gasteiger partial charge is 0.395 e. The predicted octanol–water partition coefficient (Wildman–Crippen LogP) is 7.90. The summed E-state index contributed by atoms with van der Waals surface area (Å²) in [4.78, 5) is 35.6. The topological polar surface area (TPSA) is 97.1 Å². The minimum Gasteiger partial charge on any atom is -0.395 e. The molecule has 2 bridgehead atoms. The zero-order valence-electron chi connectivity index (χ0n) is 22.5. The fourth-order valence-electron chi connectivity index (χ4n) is 8.08. The molecule has 0 aromatic heterocycles. The number of benzene rings is 2. The van der Waals surface area contributed by atoms with E-state index in [1.807, 2.05) is 12.1 Å². The van der Waals surface area contributed by atoms with Crippen LogP contribution in [0, 0.1) is 27.9 Å². The van der Waals surface area contributed by atoms with E-state index < -0.39 is 11.1 Å². The van der Waals surface area contributed by atoms with E-state index in [2.05, 4.69) is 13.0 Å². The first-order valence-corrected chi connectivity index (χ1v) is 14.5. The van der Waals surface area contributed by atoms with Crippen molar-refractivity contribution in [2.24, 2.45) is 17.8 Å². The molecule has 2 spiro atoms. The monoisotopic (exact) mass is 535 g/mol. The predicted molar refractivity (Wildman–Crippen MR) is 143 cm³/mol. The summed E-state index contributed by atoms with van der Waals surface area (Å²) in [6, 6.07) is 12.9. The Balaban J connectivity index is 1.12. The van der Waals surface area contributed by atoms with Crippen molar-refractivity contribution in [1.29, 1.82) is 0 Å². The zero-order chi connectivity index (χ0) is 27.0. The van der Waals surface area contributed by atoms with Gasteiger partial charge in [0.1, 0.15) is 22.7 Å². The number of ether oxygens (including phenoxy) is 2. The van der Waals surface area contributed by atoms with Crippen molar-refractivity contribution >= 4 is 11.8 Å². The van der Waals surface area contributed by atoms with Gasteiger partial charge < -0.3 is 9.47 Å². The second-order valence-electron chi connectivity index (χ2n) is 12.1. The molecule has 4 fully saturated rings. The maximum Gasteiger partial charge on any atom is 0.519 e. The van der Waals surface area contributed by atoms with E-state index in [4.69, 9.17) is 19.2 Å². The lowest BCUT2D eigenvalue weighted by Gasteiger charge is -2.50. The van der Waals surface area contributed by atoms with Gasteiger partial charge in [-0.2, -0.15) is 0 Å². The highest BCUT2D eigenvalue weighted by molar-refractivity contribution is 5.67. The van der Waals surface area contributed by atoms with E-state index in [0.29, 0.717) is 17.6 Å². The van der Waals surface area contributed by atoms with Crippen LogP contribution in [0.1, 0.15) is 89.0 Å². The number of fused-ring (bicyclic) bond motifs is 3. The number of nitrogens with zero attached hydrogens (tertiary/aromatic N) is 1. The number of hydrogen-bond donors (Lipinski definition) is 0. The Labute approximate surface area is 229 Å². The summed E-state index contributed by atoms with van der Waals surface area (Å²) in [6.45, 7) is 2.31. The van der Waals surface area contributed by atoms with Gasteiger partial charge in [0.25, 0.3) is 5.69 Å². The van der Waals surface area contributed by atoms with Gasteiger partial charge in [-0.15, -0.1) is 0 Å². The molecule has 1 saturated heterocycles. The molecular weight excluding hydrogens is 498 g/mol. The summed E-state index contributed by atoms with van der Waals surface area (Å²) < 4.78 is 10.7. The first kappa shape index (κ1) is 26.3. The van der Waals surface area contributed by atoms with Crippen LogP contribution in [0.2, 0.25) is 0 Å². The fraction of sp³-hybridized carbons (Fsp3) is 0.581. The molecule has 6 atom stereocenters. The molecule has 0 N–H and O–H groups in total. The van der Waals surface area contributed by atoms with Crippen LogP contribution in [0.25, 0.3) is 0 Å². The number of carbonyl (C=O) groups excluding carboxylic acids is 1. The van der Waals surface area contributed by atoms with Gasteiger partial charge >= 0.3 is 6.16 Å². The number of rotatable bonds is 5. The Morgan fingerprint density at radius 1 is 1.03 bits per heavy atom. The first-order valence-electron chi connectivity index (χ1n) is 14.5. The standard InChI is InChI=1S/C31H37NO7/c1-2-24-16-21-6-3-9-25(17-21)31(24)20-30(38-39-31)15-5-8-23(19-30)22-7-4-10-28(18-22)37-29(33)36-27-13-11-26(12-14-27)32(34)35/h4,7,10-14,18,21,23-25H,2-3,5-6,8-9,15-17,19-20H2,1H3/t21?,23-,24?,25?,30-,31+/m1/s1. The van der Waals surface area contributed by atoms with Gasteiger partial charge in [0.2, 0.25) is 0 Å². The number of non-ortho nitro benzene ring substituents is 1. The van der Waals surface area contributed by atoms with Crippen molar-refractivity contribution in [2.45, 2.75) is 94.7 Å². The SMILES string of the molecule is CCC1CC2CCCC(C2)[C@]12C[C@]1(CCC[C@@H](c3cccc(OC(=O)Oc4ccc([N+](=O)[O-])cc4)c3)C1)OO2. The Morgan fingerprint density at radius 3 is 2.64 bits per heavy atom. The molecule has 3 unspecified atom stereocenters. The molecule has 3 aliphatic carbocycles. The minimum atomic E-state index is -0.885. The van der Waals surface area contributed by atoms with Gasteiger partial charge in [-0.25, -0.2) is 14.6 Å². The van der Waals surface area contributed by atoms with Crippen LogP contribution in [0.4, 0.5) is 10.5 Å². The third-order valence-electron chi connectivity index (χ3n) is 9.83. The van der Waals surface area contributed by atoms with E-state index >= 15 is 0 Å². The molecule has 4 aliphatic rings. The molecule has 8 heteroatoms. The number of nitro groups is 1. The molecule has 1 heterocycles. The van der Waals surface area contributed by atoms with Crippen LogP contribution >= 0.6 is 0 Å². The highest BCUT2D eigenvalue weighted by Gasteiger charge is 2.61. The molecule has 0 amide bonds. The highest BCUT2D eigenvalue weighted by atomic mass is 17.2. The molecule has 3 saturated carbocycles. The van der Waals surface area contributed by atoms with Gasteiger partial charge in [-0.1, -0.05) is 38.3 Å². The third kappa shape index (κ3) is 5.16. The summed E-state index contributed by atoms with van der Waals surface area (Å²) in [7, 11) is 0. The van der Waals surface area contributed by atoms with E-state index in [9.17, 15) is 14.9 Å². The van der Waals surface area contributed by atoms with E-state index in [0.717, 1.165) is 50.0 Å². The average Bonchev–Trinajstić information content (AvgIpc) is 3.30. The molecule has 39 heavy (non-hydrogen) atoms. The fourth-order valence-corrected chi connectivity index (χ4v) is 8.08. The molecule has 6 rings (SSSR count). The number of carbonyl (C=O) groups is 1. The van der Waals surface area contributed by atoms with Gasteiger partial charge in [0.15, 0.2) is 0 Å². The molecule has 0 radical (unpaired) electrons. The Kier molecular flexibility index (Phi) is 7.10. The Bertz CT molecular complexity index is 1210. The van der Waals surface area contributed by atoms with Crippen LogP contribution in [-0.4, -0.2) is 22.3 Å². The maximum absolute atomic E-state index is 12.4. The lowest BCUT2D eigenvalue weighted by atomic mass is 9.55. The number of nitro benzene ring substituents is 1.